The molecule has 0 radical (unpaired) electrons. The van der Waals surface area contributed by atoms with Crippen LogP contribution in [0.15, 0.2) is 48.5 Å². The molecule has 5 nitrogen and oxygen atoms in total. The SMILES string of the molecule is COc1ccccc1C1(CNC(=O)c2cc3cccc(C)c3[nH]2)CCOCC1. The van der Waals surface area contributed by atoms with Gasteiger partial charge < -0.3 is 19.8 Å². The first-order valence-corrected chi connectivity index (χ1v) is 9.71. The molecule has 0 saturated carbocycles. The van der Waals surface area contributed by atoms with Gasteiger partial charge in [0.25, 0.3) is 5.91 Å². The predicted molar refractivity (Wildman–Crippen MR) is 110 cm³/mol. The van der Waals surface area contributed by atoms with E-state index in [1.807, 2.05) is 49.4 Å². The van der Waals surface area contributed by atoms with Crippen molar-refractivity contribution in [1.82, 2.24) is 10.3 Å². The molecule has 5 heteroatoms. The van der Waals surface area contributed by atoms with E-state index < -0.39 is 0 Å². The molecular formula is C23H26N2O3. The zero-order valence-corrected chi connectivity index (χ0v) is 16.4. The molecule has 1 aliphatic rings. The normalized spacial score (nSPS) is 16.1. The number of amides is 1. The summed E-state index contributed by atoms with van der Waals surface area (Å²) in [6.45, 7) is 3.95. The maximum absolute atomic E-state index is 12.9. The number of para-hydroxylation sites is 2. The van der Waals surface area contributed by atoms with Crippen LogP contribution in [0.1, 0.15) is 34.5 Å². The molecule has 2 heterocycles. The molecule has 1 aliphatic heterocycles. The third-order valence-electron chi connectivity index (χ3n) is 5.82. The maximum Gasteiger partial charge on any atom is 0.267 e. The Morgan fingerprint density at radius 2 is 1.96 bits per heavy atom. The van der Waals surface area contributed by atoms with Crippen molar-refractivity contribution >= 4 is 16.8 Å². The van der Waals surface area contributed by atoms with Gasteiger partial charge in [-0.15, -0.1) is 0 Å². The van der Waals surface area contributed by atoms with Crippen molar-refractivity contribution in [2.45, 2.75) is 25.2 Å². The highest BCUT2D eigenvalue weighted by Crippen LogP contribution is 2.39. The Bertz CT molecular complexity index is 986. The van der Waals surface area contributed by atoms with Crippen molar-refractivity contribution in [3.8, 4) is 5.75 Å². The summed E-state index contributed by atoms with van der Waals surface area (Å²) in [6, 6.07) is 16.1. The second kappa shape index (κ2) is 7.68. The number of benzene rings is 2. The summed E-state index contributed by atoms with van der Waals surface area (Å²) < 4.78 is 11.2. The van der Waals surface area contributed by atoms with E-state index in [9.17, 15) is 4.79 Å². The standard InChI is InChI=1S/C23H26N2O3/c1-16-6-5-7-17-14-19(25-21(16)17)22(26)24-15-23(10-12-28-13-11-23)18-8-3-4-9-20(18)27-2/h3-9,14,25H,10-13,15H2,1-2H3,(H,24,26). The number of carbonyl (C=O) groups excluding carboxylic acids is 1. The van der Waals surface area contributed by atoms with Crippen LogP contribution >= 0.6 is 0 Å². The second-order valence-electron chi connectivity index (χ2n) is 7.50. The number of carbonyl (C=O) groups is 1. The highest BCUT2D eigenvalue weighted by Gasteiger charge is 2.37. The Labute approximate surface area is 165 Å². The highest BCUT2D eigenvalue weighted by molar-refractivity contribution is 5.98. The monoisotopic (exact) mass is 378 g/mol. The van der Waals surface area contributed by atoms with Gasteiger partial charge in [-0.3, -0.25) is 4.79 Å². The molecule has 1 amide bonds. The lowest BCUT2D eigenvalue weighted by molar-refractivity contribution is 0.0478. The van der Waals surface area contributed by atoms with Crippen LogP contribution in [0.25, 0.3) is 10.9 Å². The zero-order valence-electron chi connectivity index (χ0n) is 16.4. The molecule has 1 aromatic heterocycles. The van der Waals surface area contributed by atoms with Gasteiger partial charge in [-0.2, -0.15) is 0 Å². The van der Waals surface area contributed by atoms with Gasteiger partial charge in [0.05, 0.1) is 7.11 Å². The number of hydrogen-bond acceptors (Lipinski definition) is 3. The summed E-state index contributed by atoms with van der Waals surface area (Å²) in [5.74, 6) is 0.774. The molecule has 0 spiro atoms. The van der Waals surface area contributed by atoms with Gasteiger partial charge >= 0.3 is 0 Å². The third-order valence-corrected chi connectivity index (χ3v) is 5.82. The first-order chi connectivity index (χ1) is 13.6. The molecule has 1 fully saturated rings. The minimum Gasteiger partial charge on any atom is -0.496 e. The van der Waals surface area contributed by atoms with Gasteiger partial charge in [0.15, 0.2) is 0 Å². The van der Waals surface area contributed by atoms with Gasteiger partial charge in [0.2, 0.25) is 0 Å². The Kier molecular flexibility index (Phi) is 5.09. The summed E-state index contributed by atoms with van der Waals surface area (Å²) >= 11 is 0. The van der Waals surface area contributed by atoms with Crippen LogP contribution < -0.4 is 10.1 Å². The number of H-pyrrole nitrogens is 1. The van der Waals surface area contributed by atoms with Crippen molar-refractivity contribution in [2.24, 2.45) is 0 Å². The molecule has 1 saturated heterocycles. The van der Waals surface area contributed by atoms with E-state index in [0.717, 1.165) is 40.6 Å². The van der Waals surface area contributed by atoms with Crippen molar-refractivity contribution in [1.29, 1.82) is 0 Å². The van der Waals surface area contributed by atoms with E-state index in [-0.39, 0.29) is 11.3 Å². The highest BCUT2D eigenvalue weighted by atomic mass is 16.5. The van der Waals surface area contributed by atoms with Gasteiger partial charge in [0.1, 0.15) is 11.4 Å². The minimum absolute atomic E-state index is 0.0867. The van der Waals surface area contributed by atoms with E-state index in [0.29, 0.717) is 25.5 Å². The summed E-state index contributed by atoms with van der Waals surface area (Å²) in [4.78, 5) is 16.2. The molecule has 0 unspecified atom stereocenters. The summed E-state index contributed by atoms with van der Waals surface area (Å²) in [7, 11) is 1.69. The van der Waals surface area contributed by atoms with E-state index in [1.165, 1.54) is 0 Å². The van der Waals surface area contributed by atoms with Gasteiger partial charge in [-0.1, -0.05) is 36.4 Å². The Balaban J connectivity index is 1.59. The quantitative estimate of drug-likeness (QED) is 0.706. The van der Waals surface area contributed by atoms with Crippen molar-refractivity contribution in [2.75, 3.05) is 26.9 Å². The molecule has 4 rings (SSSR count). The molecule has 0 aliphatic carbocycles. The first-order valence-electron chi connectivity index (χ1n) is 9.71. The summed E-state index contributed by atoms with van der Waals surface area (Å²) in [5.41, 5.74) is 3.67. The number of fused-ring (bicyclic) bond motifs is 1. The Morgan fingerprint density at radius 3 is 2.71 bits per heavy atom. The van der Waals surface area contributed by atoms with Crippen LogP contribution in [0.4, 0.5) is 0 Å². The lowest BCUT2D eigenvalue weighted by Crippen LogP contribution is -2.44. The topological polar surface area (TPSA) is 63.3 Å². The number of hydrogen-bond donors (Lipinski definition) is 2. The van der Waals surface area contributed by atoms with Gasteiger partial charge in [-0.05, 0) is 37.5 Å². The van der Waals surface area contributed by atoms with E-state index in [4.69, 9.17) is 9.47 Å². The summed E-state index contributed by atoms with van der Waals surface area (Å²) in [5, 5.41) is 4.21. The molecule has 3 aromatic rings. The van der Waals surface area contributed by atoms with Gasteiger partial charge in [-0.25, -0.2) is 0 Å². The fraction of sp³-hybridized carbons (Fsp3) is 0.348. The fourth-order valence-electron chi connectivity index (χ4n) is 4.16. The number of aromatic nitrogens is 1. The number of rotatable bonds is 5. The third kappa shape index (κ3) is 3.38. The molecule has 0 bridgehead atoms. The molecule has 2 N–H and O–H groups in total. The minimum atomic E-state index is -0.192. The zero-order chi connectivity index (χ0) is 19.6. The average molecular weight is 378 g/mol. The molecule has 146 valence electrons. The second-order valence-corrected chi connectivity index (χ2v) is 7.50. The molecule has 2 aromatic carbocycles. The van der Waals surface area contributed by atoms with E-state index in [1.54, 1.807) is 7.11 Å². The number of methoxy groups -OCH3 is 1. The van der Waals surface area contributed by atoms with Crippen LogP contribution in [0.2, 0.25) is 0 Å². The first kappa shape index (κ1) is 18.6. The molecule has 28 heavy (non-hydrogen) atoms. The Hall–Kier alpha value is -2.79. The van der Waals surface area contributed by atoms with Gasteiger partial charge in [0, 0.05) is 41.6 Å². The number of aromatic amines is 1. The lowest BCUT2D eigenvalue weighted by Gasteiger charge is -2.38. The van der Waals surface area contributed by atoms with Crippen LogP contribution in [0.5, 0.6) is 5.75 Å². The maximum atomic E-state index is 12.9. The van der Waals surface area contributed by atoms with E-state index in [2.05, 4.69) is 16.4 Å². The lowest BCUT2D eigenvalue weighted by atomic mass is 9.73. The largest absolute Gasteiger partial charge is 0.496 e. The Morgan fingerprint density at radius 1 is 1.18 bits per heavy atom. The van der Waals surface area contributed by atoms with Crippen molar-refractivity contribution in [3.63, 3.8) is 0 Å². The van der Waals surface area contributed by atoms with Crippen molar-refractivity contribution in [3.05, 3.63) is 65.4 Å². The van der Waals surface area contributed by atoms with Crippen LogP contribution in [-0.4, -0.2) is 37.8 Å². The molecule has 0 atom stereocenters. The van der Waals surface area contributed by atoms with Crippen molar-refractivity contribution < 1.29 is 14.3 Å². The summed E-state index contributed by atoms with van der Waals surface area (Å²) in [6.07, 6.45) is 1.69. The van der Waals surface area contributed by atoms with E-state index >= 15 is 0 Å². The number of nitrogens with one attached hydrogen (secondary N) is 2. The number of aryl methyl sites for hydroxylation is 1. The number of ether oxygens (including phenoxy) is 2. The predicted octanol–water partition coefficient (Wildman–Crippen LogP) is 3.96. The molecular weight excluding hydrogens is 352 g/mol. The van der Waals surface area contributed by atoms with Crippen LogP contribution in [-0.2, 0) is 10.2 Å². The van der Waals surface area contributed by atoms with Crippen LogP contribution in [0, 0.1) is 6.92 Å². The average Bonchev–Trinajstić information content (AvgIpc) is 3.18. The fourth-order valence-corrected chi connectivity index (χ4v) is 4.16. The van der Waals surface area contributed by atoms with Crippen LogP contribution in [0.3, 0.4) is 0 Å². The smallest absolute Gasteiger partial charge is 0.267 e.